The van der Waals surface area contributed by atoms with Crippen LogP contribution >= 0.6 is 0 Å². The van der Waals surface area contributed by atoms with E-state index in [1.54, 1.807) is 20.0 Å². The standard InChI is InChI=1S/C23H32N6O6/c1-11(2)19(29-21(32)16(9-18(25)30)27-20(31)12(3)24)22(33)28-17(23(34)35)8-13-10-26-15-7-5-4-6-14(13)15/h4-7,10-12,16-17,19,26H,8-9,24H2,1-3H3,(H2,25,30)(H,27,31)(H,28,33)(H,29,32)(H,34,35). The summed E-state index contributed by atoms with van der Waals surface area (Å²) in [6, 6.07) is 2.67. The van der Waals surface area contributed by atoms with Crippen LogP contribution in [0.3, 0.4) is 0 Å². The molecule has 0 aliphatic carbocycles. The van der Waals surface area contributed by atoms with Gasteiger partial charge in [0.15, 0.2) is 0 Å². The second kappa shape index (κ2) is 12.0. The molecule has 1 aromatic heterocycles. The van der Waals surface area contributed by atoms with Gasteiger partial charge < -0.3 is 37.5 Å². The highest BCUT2D eigenvalue weighted by atomic mass is 16.4. The molecule has 4 amide bonds. The van der Waals surface area contributed by atoms with Gasteiger partial charge in [0.25, 0.3) is 0 Å². The second-order valence-corrected chi connectivity index (χ2v) is 8.71. The van der Waals surface area contributed by atoms with E-state index in [9.17, 15) is 29.1 Å². The first-order valence-electron chi connectivity index (χ1n) is 11.1. The lowest BCUT2D eigenvalue weighted by Crippen LogP contribution is -2.59. The van der Waals surface area contributed by atoms with Crippen LogP contribution in [0.5, 0.6) is 0 Å². The Balaban J connectivity index is 2.16. The second-order valence-electron chi connectivity index (χ2n) is 8.71. The van der Waals surface area contributed by atoms with E-state index in [0.717, 1.165) is 10.9 Å². The van der Waals surface area contributed by atoms with Crippen LogP contribution < -0.4 is 27.4 Å². The van der Waals surface area contributed by atoms with Crippen molar-refractivity contribution in [2.75, 3.05) is 0 Å². The number of hydrogen-bond acceptors (Lipinski definition) is 6. The number of rotatable bonds is 12. The van der Waals surface area contributed by atoms with Gasteiger partial charge in [0.05, 0.1) is 12.5 Å². The third-order valence-corrected chi connectivity index (χ3v) is 5.41. The van der Waals surface area contributed by atoms with Crippen molar-refractivity contribution in [3.05, 3.63) is 36.0 Å². The quantitative estimate of drug-likeness (QED) is 0.200. The van der Waals surface area contributed by atoms with Gasteiger partial charge in [-0.05, 0) is 24.5 Å². The van der Waals surface area contributed by atoms with Gasteiger partial charge >= 0.3 is 5.97 Å². The molecule has 4 atom stereocenters. The maximum atomic E-state index is 13.0. The molecule has 1 heterocycles. The van der Waals surface area contributed by atoms with Crippen molar-refractivity contribution in [3.8, 4) is 0 Å². The Bertz CT molecular complexity index is 1100. The van der Waals surface area contributed by atoms with E-state index in [4.69, 9.17) is 11.5 Å². The molecule has 0 aliphatic heterocycles. The molecule has 190 valence electrons. The van der Waals surface area contributed by atoms with Gasteiger partial charge in [-0.2, -0.15) is 0 Å². The van der Waals surface area contributed by atoms with Gasteiger partial charge in [0.1, 0.15) is 18.1 Å². The minimum Gasteiger partial charge on any atom is -0.480 e. The number of benzene rings is 1. The maximum absolute atomic E-state index is 13.0. The SMILES string of the molecule is CC(N)C(=O)NC(CC(N)=O)C(=O)NC(C(=O)NC(Cc1c[nH]c2ccccc12)C(=O)O)C(C)C. The van der Waals surface area contributed by atoms with E-state index in [-0.39, 0.29) is 6.42 Å². The van der Waals surface area contributed by atoms with Crippen LogP contribution in [0, 0.1) is 5.92 Å². The molecule has 0 saturated carbocycles. The molecule has 0 saturated heterocycles. The number of primary amides is 1. The first kappa shape index (κ1) is 27.3. The minimum absolute atomic E-state index is 0.0125. The number of nitrogens with one attached hydrogen (secondary N) is 4. The fourth-order valence-corrected chi connectivity index (χ4v) is 3.48. The molecule has 9 N–H and O–H groups in total. The Morgan fingerprint density at radius 3 is 2.14 bits per heavy atom. The Labute approximate surface area is 202 Å². The van der Waals surface area contributed by atoms with Gasteiger partial charge in [-0.15, -0.1) is 0 Å². The zero-order valence-electron chi connectivity index (χ0n) is 19.8. The van der Waals surface area contributed by atoms with Crippen LogP contribution in [-0.2, 0) is 30.4 Å². The van der Waals surface area contributed by atoms with Crippen molar-refractivity contribution in [3.63, 3.8) is 0 Å². The van der Waals surface area contributed by atoms with Crippen molar-refractivity contribution in [2.24, 2.45) is 17.4 Å². The highest BCUT2D eigenvalue weighted by Gasteiger charge is 2.32. The number of hydrogen-bond donors (Lipinski definition) is 7. The number of aromatic amines is 1. The molecule has 0 bridgehead atoms. The van der Waals surface area contributed by atoms with Crippen molar-refractivity contribution in [1.82, 2.24) is 20.9 Å². The van der Waals surface area contributed by atoms with E-state index in [2.05, 4.69) is 20.9 Å². The largest absolute Gasteiger partial charge is 0.480 e. The number of nitrogens with two attached hydrogens (primary N) is 2. The maximum Gasteiger partial charge on any atom is 0.326 e. The number of fused-ring (bicyclic) bond motifs is 1. The molecule has 0 radical (unpaired) electrons. The van der Waals surface area contributed by atoms with E-state index in [1.165, 1.54) is 6.92 Å². The summed E-state index contributed by atoms with van der Waals surface area (Å²) < 4.78 is 0. The average molecular weight is 489 g/mol. The number of carbonyl (C=O) groups is 5. The van der Waals surface area contributed by atoms with Crippen LogP contribution in [0.4, 0.5) is 0 Å². The van der Waals surface area contributed by atoms with Crippen molar-refractivity contribution < 1.29 is 29.1 Å². The zero-order valence-corrected chi connectivity index (χ0v) is 19.8. The summed E-state index contributed by atoms with van der Waals surface area (Å²) in [5.74, 6) is -4.76. The fraction of sp³-hybridized carbons (Fsp3) is 0.435. The third-order valence-electron chi connectivity index (χ3n) is 5.41. The zero-order chi connectivity index (χ0) is 26.3. The van der Waals surface area contributed by atoms with Gasteiger partial charge in [-0.3, -0.25) is 19.2 Å². The number of amides is 4. The number of H-pyrrole nitrogens is 1. The highest BCUT2D eigenvalue weighted by molar-refractivity contribution is 5.96. The number of carbonyl (C=O) groups excluding carboxylic acids is 4. The fourth-order valence-electron chi connectivity index (χ4n) is 3.48. The van der Waals surface area contributed by atoms with Gasteiger partial charge in [-0.1, -0.05) is 32.0 Å². The summed E-state index contributed by atoms with van der Waals surface area (Å²) in [4.78, 5) is 64.1. The van der Waals surface area contributed by atoms with E-state index in [0.29, 0.717) is 5.56 Å². The van der Waals surface area contributed by atoms with Crippen LogP contribution in [-0.4, -0.2) is 63.9 Å². The number of carboxylic acid groups (broad SMARTS) is 1. The smallest absolute Gasteiger partial charge is 0.326 e. The van der Waals surface area contributed by atoms with Gasteiger partial charge in [-0.25, -0.2) is 4.79 Å². The molecule has 0 spiro atoms. The van der Waals surface area contributed by atoms with Crippen LogP contribution in [0.2, 0.25) is 0 Å². The third kappa shape index (κ3) is 7.54. The number of aliphatic carboxylic acids is 1. The van der Waals surface area contributed by atoms with E-state index in [1.807, 2.05) is 24.3 Å². The summed E-state index contributed by atoms with van der Waals surface area (Å²) in [6.07, 6.45) is 1.19. The predicted molar refractivity (Wildman–Crippen MR) is 128 cm³/mol. The van der Waals surface area contributed by atoms with Gasteiger partial charge in [0, 0.05) is 23.5 Å². The molecular formula is C23H32N6O6. The van der Waals surface area contributed by atoms with Crippen LogP contribution in [0.15, 0.2) is 30.5 Å². The van der Waals surface area contributed by atoms with E-state index >= 15 is 0 Å². The number of aromatic nitrogens is 1. The Kier molecular flexibility index (Phi) is 9.34. The molecule has 1 aromatic carbocycles. The first-order chi connectivity index (χ1) is 16.4. The summed E-state index contributed by atoms with van der Waals surface area (Å²) in [7, 11) is 0. The van der Waals surface area contributed by atoms with Gasteiger partial charge in [0.2, 0.25) is 23.6 Å². The number of carboxylic acids is 1. The lowest BCUT2D eigenvalue weighted by atomic mass is 10.0. The normalized spacial score (nSPS) is 14.5. The van der Waals surface area contributed by atoms with Crippen molar-refractivity contribution in [1.29, 1.82) is 0 Å². The summed E-state index contributed by atoms with van der Waals surface area (Å²) in [6.45, 7) is 4.71. The first-order valence-corrected chi connectivity index (χ1v) is 11.1. The Morgan fingerprint density at radius 2 is 1.57 bits per heavy atom. The Morgan fingerprint density at radius 1 is 0.943 bits per heavy atom. The average Bonchev–Trinajstić information content (AvgIpc) is 3.18. The molecule has 2 aromatic rings. The summed E-state index contributed by atoms with van der Waals surface area (Å²) >= 11 is 0. The predicted octanol–water partition coefficient (Wildman–Crippen LogP) is -0.872. The lowest BCUT2D eigenvalue weighted by molar-refractivity contribution is -0.142. The topological polar surface area (TPSA) is 209 Å². The molecule has 2 rings (SSSR count). The molecular weight excluding hydrogens is 456 g/mol. The minimum atomic E-state index is -1.35. The summed E-state index contributed by atoms with van der Waals surface area (Å²) in [5.41, 5.74) is 12.2. The monoisotopic (exact) mass is 488 g/mol. The molecule has 0 fully saturated rings. The molecule has 12 nitrogen and oxygen atoms in total. The molecule has 35 heavy (non-hydrogen) atoms. The highest BCUT2D eigenvalue weighted by Crippen LogP contribution is 2.19. The van der Waals surface area contributed by atoms with Crippen molar-refractivity contribution in [2.45, 2.75) is 57.8 Å². The lowest BCUT2D eigenvalue weighted by Gasteiger charge is -2.26. The van der Waals surface area contributed by atoms with Crippen molar-refractivity contribution >= 4 is 40.5 Å². The molecule has 12 heteroatoms. The summed E-state index contributed by atoms with van der Waals surface area (Å²) in [5, 5.41) is 17.8. The molecule has 4 unspecified atom stereocenters. The Hall–Kier alpha value is -3.93. The molecule has 0 aliphatic rings. The van der Waals surface area contributed by atoms with Crippen LogP contribution in [0.25, 0.3) is 10.9 Å². The van der Waals surface area contributed by atoms with Crippen LogP contribution in [0.1, 0.15) is 32.8 Å². The number of para-hydroxylation sites is 1. The van der Waals surface area contributed by atoms with E-state index < -0.39 is 66.1 Å².